The van der Waals surface area contributed by atoms with Gasteiger partial charge in [-0.2, -0.15) is 0 Å². The van der Waals surface area contributed by atoms with E-state index in [0.717, 1.165) is 28.1 Å². The maximum atomic E-state index is 4.81. The van der Waals surface area contributed by atoms with E-state index in [1.807, 2.05) is 18.5 Å². The minimum atomic E-state index is 0.906. The monoisotopic (exact) mass is 299 g/mol. The Kier molecular flexibility index (Phi) is 3.19. The first-order valence-corrected chi connectivity index (χ1v) is 7.69. The highest BCUT2D eigenvalue weighted by molar-refractivity contribution is 5.82. The molecule has 0 fully saturated rings. The number of pyridine rings is 1. The van der Waals surface area contributed by atoms with E-state index in [2.05, 4.69) is 71.9 Å². The third kappa shape index (κ3) is 2.40. The van der Waals surface area contributed by atoms with Crippen molar-refractivity contribution in [3.8, 4) is 17.1 Å². The SMILES string of the molecule is Cc1ccc(-c2nc3cnccc3n2-c2ccc(C)cc2)cc1. The summed E-state index contributed by atoms with van der Waals surface area (Å²) in [6.07, 6.45) is 3.63. The standard InChI is InChI=1S/C20H17N3/c1-14-3-7-16(8-4-14)20-22-18-13-21-12-11-19(18)23(20)17-9-5-15(2)6-10-17/h3-13H,1-2H3. The Morgan fingerprint density at radius 3 is 2.13 bits per heavy atom. The number of hydrogen-bond donors (Lipinski definition) is 0. The number of benzene rings is 2. The molecule has 0 aliphatic rings. The van der Waals surface area contributed by atoms with Crippen molar-refractivity contribution < 1.29 is 0 Å². The smallest absolute Gasteiger partial charge is 0.145 e. The number of nitrogens with zero attached hydrogens (tertiary/aromatic N) is 3. The highest BCUT2D eigenvalue weighted by Gasteiger charge is 2.14. The maximum absolute atomic E-state index is 4.81. The molecule has 2 aromatic carbocycles. The Morgan fingerprint density at radius 2 is 1.43 bits per heavy atom. The lowest BCUT2D eigenvalue weighted by molar-refractivity contribution is 1.10. The van der Waals surface area contributed by atoms with Crippen LogP contribution in [-0.4, -0.2) is 14.5 Å². The fourth-order valence-electron chi connectivity index (χ4n) is 2.78. The van der Waals surface area contributed by atoms with Crippen molar-refractivity contribution in [2.75, 3.05) is 0 Å². The summed E-state index contributed by atoms with van der Waals surface area (Å²) in [6.45, 7) is 4.19. The molecule has 0 saturated heterocycles. The predicted molar refractivity (Wildman–Crippen MR) is 93.8 cm³/mol. The second-order valence-electron chi connectivity index (χ2n) is 5.84. The highest BCUT2D eigenvalue weighted by atomic mass is 15.1. The van der Waals surface area contributed by atoms with Gasteiger partial charge < -0.3 is 0 Å². The summed E-state index contributed by atoms with van der Waals surface area (Å²) >= 11 is 0. The fraction of sp³-hybridized carbons (Fsp3) is 0.100. The minimum absolute atomic E-state index is 0.906. The van der Waals surface area contributed by atoms with Crippen LogP contribution >= 0.6 is 0 Å². The van der Waals surface area contributed by atoms with E-state index in [9.17, 15) is 0 Å². The predicted octanol–water partition coefficient (Wildman–Crippen LogP) is 4.70. The summed E-state index contributed by atoms with van der Waals surface area (Å²) < 4.78 is 2.20. The van der Waals surface area contributed by atoms with E-state index in [1.165, 1.54) is 11.1 Å². The van der Waals surface area contributed by atoms with Crippen LogP contribution in [0.1, 0.15) is 11.1 Å². The molecule has 0 radical (unpaired) electrons. The van der Waals surface area contributed by atoms with Crippen molar-refractivity contribution in [3.05, 3.63) is 78.1 Å². The maximum Gasteiger partial charge on any atom is 0.145 e. The first kappa shape index (κ1) is 13.7. The molecule has 0 atom stereocenters. The quantitative estimate of drug-likeness (QED) is 0.537. The lowest BCUT2D eigenvalue weighted by Crippen LogP contribution is -1.97. The third-order valence-corrected chi connectivity index (χ3v) is 4.06. The van der Waals surface area contributed by atoms with Crippen LogP contribution in [0.3, 0.4) is 0 Å². The molecule has 23 heavy (non-hydrogen) atoms. The fourth-order valence-corrected chi connectivity index (χ4v) is 2.78. The van der Waals surface area contributed by atoms with E-state index in [-0.39, 0.29) is 0 Å². The molecule has 4 rings (SSSR count). The summed E-state index contributed by atoms with van der Waals surface area (Å²) in [4.78, 5) is 9.02. The Morgan fingerprint density at radius 1 is 0.783 bits per heavy atom. The van der Waals surface area contributed by atoms with E-state index in [0.29, 0.717) is 0 Å². The average molecular weight is 299 g/mol. The second kappa shape index (κ2) is 5.36. The molecule has 2 aromatic heterocycles. The third-order valence-electron chi connectivity index (χ3n) is 4.06. The summed E-state index contributed by atoms with van der Waals surface area (Å²) in [6, 6.07) is 19.0. The van der Waals surface area contributed by atoms with Gasteiger partial charge in [-0.1, -0.05) is 47.5 Å². The van der Waals surface area contributed by atoms with Gasteiger partial charge in [-0.15, -0.1) is 0 Å². The number of imidazole rings is 1. The van der Waals surface area contributed by atoms with Gasteiger partial charge in [-0.25, -0.2) is 4.98 Å². The number of aromatic nitrogens is 3. The first-order valence-electron chi connectivity index (χ1n) is 7.69. The molecule has 3 heteroatoms. The van der Waals surface area contributed by atoms with Gasteiger partial charge in [0.2, 0.25) is 0 Å². The molecule has 2 heterocycles. The molecule has 0 unspecified atom stereocenters. The lowest BCUT2D eigenvalue weighted by Gasteiger charge is -2.10. The van der Waals surface area contributed by atoms with Crippen LogP contribution in [0.4, 0.5) is 0 Å². The Labute approximate surface area is 135 Å². The van der Waals surface area contributed by atoms with Gasteiger partial charge in [-0.05, 0) is 32.0 Å². The number of fused-ring (bicyclic) bond motifs is 1. The van der Waals surface area contributed by atoms with E-state index >= 15 is 0 Å². The highest BCUT2D eigenvalue weighted by Crippen LogP contribution is 2.28. The van der Waals surface area contributed by atoms with Crippen LogP contribution in [0.2, 0.25) is 0 Å². The van der Waals surface area contributed by atoms with E-state index in [1.54, 1.807) is 0 Å². The van der Waals surface area contributed by atoms with Gasteiger partial charge in [0, 0.05) is 17.4 Å². The van der Waals surface area contributed by atoms with Crippen LogP contribution in [0.5, 0.6) is 0 Å². The zero-order valence-electron chi connectivity index (χ0n) is 13.2. The van der Waals surface area contributed by atoms with Crippen LogP contribution in [-0.2, 0) is 0 Å². The van der Waals surface area contributed by atoms with Crippen molar-refractivity contribution >= 4 is 11.0 Å². The molecule has 0 N–H and O–H groups in total. The number of hydrogen-bond acceptors (Lipinski definition) is 2. The Bertz CT molecular complexity index is 964. The molecule has 3 nitrogen and oxygen atoms in total. The molecule has 112 valence electrons. The van der Waals surface area contributed by atoms with Crippen LogP contribution < -0.4 is 0 Å². The summed E-state index contributed by atoms with van der Waals surface area (Å²) in [5.41, 5.74) is 6.68. The Balaban J connectivity index is 2.01. The Hall–Kier alpha value is -2.94. The van der Waals surface area contributed by atoms with E-state index in [4.69, 9.17) is 4.98 Å². The molecule has 4 aromatic rings. The van der Waals surface area contributed by atoms with Crippen molar-refractivity contribution in [3.63, 3.8) is 0 Å². The lowest BCUT2D eigenvalue weighted by atomic mass is 10.1. The molecule has 0 aliphatic carbocycles. The molecule has 0 saturated carbocycles. The van der Waals surface area contributed by atoms with Crippen molar-refractivity contribution in [1.82, 2.24) is 14.5 Å². The van der Waals surface area contributed by atoms with Crippen LogP contribution in [0.15, 0.2) is 67.0 Å². The molecule has 0 bridgehead atoms. The zero-order chi connectivity index (χ0) is 15.8. The normalized spacial score (nSPS) is 11.0. The van der Waals surface area contributed by atoms with Crippen molar-refractivity contribution in [2.45, 2.75) is 13.8 Å². The minimum Gasteiger partial charge on any atom is -0.292 e. The second-order valence-corrected chi connectivity index (χ2v) is 5.84. The van der Waals surface area contributed by atoms with Crippen LogP contribution in [0.25, 0.3) is 28.1 Å². The molecular weight excluding hydrogens is 282 g/mol. The van der Waals surface area contributed by atoms with Crippen LogP contribution in [0, 0.1) is 13.8 Å². The van der Waals surface area contributed by atoms with Gasteiger partial charge in [0.15, 0.2) is 0 Å². The number of aryl methyl sites for hydroxylation is 2. The topological polar surface area (TPSA) is 30.7 Å². The average Bonchev–Trinajstić information content (AvgIpc) is 2.96. The number of rotatable bonds is 2. The van der Waals surface area contributed by atoms with Crippen molar-refractivity contribution in [1.29, 1.82) is 0 Å². The summed E-state index contributed by atoms with van der Waals surface area (Å²) in [7, 11) is 0. The summed E-state index contributed by atoms with van der Waals surface area (Å²) in [5, 5.41) is 0. The largest absolute Gasteiger partial charge is 0.292 e. The van der Waals surface area contributed by atoms with Gasteiger partial charge in [0.25, 0.3) is 0 Å². The first-order chi connectivity index (χ1) is 11.2. The summed E-state index contributed by atoms with van der Waals surface area (Å²) in [5.74, 6) is 0.942. The van der Waals surface area contributed by atoms with Crippen molar-refractivity contribution in [2.24, 2.45) is 0 Å². The van der Waals surface area contributed by atoms with Gasteiger partial charge >= 0.3 is 0 Å². The van der Waals surface area contributed by atoms with Gasteiger partial charge in [0.05, 0.1) is 11.7 Å². The molecule has 0 spiro atoms. The van der Waals surface area contributed by atoms with Gasteiger partial charge in [0.1, 0.15) is 11.3 Å². The molecule has 0 amide bonds. The van der Waals surface area contributed by atoms with Gasteiger partial charge in [-0.3, -0.25) is 9.55 Å². The van der Waals surface area contributed by atoms with E-state index < -0.39 is 0 Å². The molecule has 0 aliphatic heterocycles. The molecular formula is C20H17N3. The zero-order valence-corrected chi connectivity index (χ0v) is 13.2.